The number of aliphatic hydroxyl groups excluding tert-OH is 1. The van der Waals surface area contributed by atoms with E-state index in [4.69, 9.17) is 16.7 Å². The van der Waals surface area contributed by atoms with Gasteiger partial charge in [0.1, 0.15) is 0 Å². The summed E-state index contributed by atoms with van der Waals surface area (Å²) >= 11 is 6.06. The summed E-state index contributed by atoms with van der Waals surface area (Å²) < 4.78 is 0. The van der Waals surface area contributed by atoms with Crippen LogP contribution in [0, 0.1) is 12.3 Å². The molecule has 0 spiro atoms. The Morgan fingerprint density at radius 2 is 2.12 bits per heavy atom. The van der Waals surface area contributed by atoms with Crippen LogP contribution in [0.15, 0.2) is 18.2 Å². The number of carbonyl (C=O) groups is 1. The molecule has 0 saturated heterocycles. The fraction of sp³-hybridized carbons (Fsp3) is 0.462. The van der Waals surface area contributed by atoms with E-state index in [0.29, 0.717) is 17.1 Å². The Morgan fingerprint density at radius 3 is 2.71 bits per heavy atom. The molecular formula is C13H18ClNO2. The number of rotatable bonds is 4. The molecule has 0 fully saturated rings. The second-order valence-electron chi connectivity index (χ2n) is 4.94. The summed E-state index contributed by atoms with van der Waals surface area (Å²) in [6.07, 6.45) is 0. The van der Waals surface area contributed by atoms with Crippen molar-refractivity contribution >= 4 is 17.5 Å². The predicted octanol–water partition coefficient (Wildman–Crippen LogP) is 2.40. The molecule has 1 aromatic carbocycles. The van der Waals surface area contributed by atoms with Crippen molar-refractivity contribution in [3.05, 3.63) is 34.3 Å². The molecule has 1 amide bonds. The van der Waals surface area contributed by atoms with Crippen LogP contribution in [0.25, 0.3) is 0 Å². The highest BCUT2D eigenvalue weighted by molar-refractivity contribution is 6.34. The minimum absolute atomic E-state index is 0.0226. The zero-order chi connectivity index (χ0) is 13.1. The second kappa shape index (κ2) is 5.52. The first-order valence-electron chi connectivity index (χ1n) is 5.51. The summed E-state index contributed by atoms with van der Waals surface area (Å²) in [7, 11) is 0. The maximum Gasteiger partial charge on any atom is 0.252 e. The summed E-state index contributed by atoms with van der Waals surface area (Å²) in [5.41, 5.74) is 1.02. The SMILES string of the molecule is Cc1cccc(C(=O)NCC(C)(C)CO)c1Cl. The fourth-order valence-corrected chi connectivity index (χ4v) is 1.51. The van der Waals surface area contributed by atoms with Crippen molar-refractivity contribution in [2.45, 2.75) is 20.8 Å². The van der Waals surface area contributed by atoms with Gasteiger partial charge in [0.15, 0.2) is 0 Å². The number of benzene rings is 1. The molecule has 0 aromatic heterocycles. The Kier molecular flexibility index (Phi) is 4.54. The van der Waals surface area contributed by atoms with E-state index < -0.39 is 0 Å². The van der Waals surface area contributed by atoms with Crippen LogP contribution in [0.1, 0.15) is 29.8 Å². The normalized spacial score (nSPS) is 11.4. The Bertz CT molecular complexity index is 416. The van der Waals surface area contributed by atoms with Crippen molar-refractivity contribution in [1.82, 2.24) is 5.32 Å². The van der Waals surface area contributed by atoms with E-state index in [-0.39, 0.29) is 17.9 Å². The monoisotopic (exact) mass is 255 g/mol. The first-order valence-corrected chi connectivity index (χ1v) is 5.89. The summed E-state index contributed by atoms with van der Waals surface area (Å²) in [4.78, 5) is 11.9. The number of aryl methyl sites for hydroxylation is 1. The van der Waals surface area contributed by atoms with Gasteiger partial charge >= 0.3 is 0 Å². The van der Waals surface area contributed by atoms with Crippen LogP contribution in [0.3, 0.4) is 0 Å². The largest absolute Gasteiger partial charge is 0.396 e. The predicted molar refractivity (Wildman–Crippen MR) is 69.4 cm³/mol. The van der Waals surface area contributed by atoms with Gasteiger partial charge in [-0.2, -0.15) is 0 Å². The minimum Gasteiger partial charge on any atom is -0.396 e. The van der Waals surface area contributed by atoms with Crippen LogP contribution < -0.4 is 5.32 Å². The molecule has 0 saturated carbocycles. The van der Waals surface area contributed by atoms with Gasteiger partial charge < -0.3 is 10.4 Å². The smallest absolute Gasteiger partial charge is 0.252 e. The molecule has 4 heteroatoms. The molecule has 2 N–H and O–H groups in total. The first kappa shape index (κ1) is 14.0. The number of hydrogen-bond acceptors (Lipinski definition) is 2. The minimum atomic E-state index is -0.327. The molecule has 0 aliphatic rings. The maximum absolute atomic E-state index is 11.9. The van der Waals surface area contributed by atoms with Crippen LogP contribution in [-0.2, 0) is 0 Å². The number of carbonyl (C=O) groups excluding carboxylic acids is 1. The molecule has 0 bridgehead atoms. The fourth-order valence-electron chi connectivity index (χ4n) is 1.29. The topological polar surface area (TPSA) is 49.3 Å². The highest BCUT2D eigenvalue weighted by Gasteiger charge is 2.19. The molecule has 1 rings (SSSR count). The van der Waals surface area contributed by atoms with Gasteiger partial charge in [-0.05, 0) is 18.6 Å². The average molecular weight is 256 g/mol. The third-order valence-electron chi connectivity index (χ3n) is 2.59. The van der Waals surface area contributed by atoms with Crippen molar-refractivity contribution in [1.29, 1.82) is 0 Å². The van der Waals surface area contributed by atoms with Crippen molar-refractivity contribution in [2.75, 3.05) is 13.2 Å². The van der Waals surface area contributed by atoms with Gasteiger partial charge in [-0.3, -0.25) is 4.79 Å². The van der Waals surface area contributed by atoms with E-state index in [1.54, 1.807) is 12.1 Å². The van der Waals surface area contributed by atoms with Crippen molar-refractivity contribution < 1.29 is 9.90 Å². The number of nitrogens with one attached hydrogen (secondary N) is 1. The molecule has 0 heterocycles. The maximum atomic E-state index is 11.9. The molecule has 0 aliphatic heterocycles. The lowest BCUT2D eigenvalue weighted by Crippen LogP contribution is -2.36. The number of amides is 1. The Balaban J connectivity index is 2.74. The number of hydrogen-bond donors (Lipinski definition) is 2. The lowest BCUT2D eigenvalue weighted by Gasteiger charge is -2.22. The summed E-state index contributed by atoms with van der Waals surface area (Å²) in [5, 5.41) is 12.4. The van der Waals surface area contributed by atoms with Gasteiger partial charge in [-0.1, -0.05) is 37.6 Å². The zero-order valence-electron chi connectivity index (χ0n) is 10.4. The highest BCUT2D eigenvalue weighted by atomic mass is 35.5. The Morgan fingerprint density at radius 1 is 1.47 bits per heavy atom. The summed E-state index contributed by atoms with van der Waals surface area (Å²) in [6.45, 7) is 6.05. The van der Waals surface area contributed by atoms with Crippen molar-refractivity contribution in [3.63, 3.8) is 0 Å². The van der Waals surface area contributed by atoms with E-state index >= 15 is 0 Å². The van der Waals surface area contributed by atoms with E-state index in [0.717, 1.165) is 5.56 Å². The van der Waals surface area contributed by atoms with Crippen LogP contribution >= 0.6 is 11.6 Å². The standard InChI is InChI=1S/C13H18ClNO2/c1-9-5-4-6-10(11(9)14)12(17)15-7-13(2,3)8-16/h4-6,16H,7-8H2,1-3H3,(H,15,17). The highest BCUT2D eigenvalue weighted by Crippen LogP contribution is 2.20. The van der Waals surface area contributed by atoms with Gasteiger partial charge in [0.2, 0.25) is 0 Å². The summed E-state index contributed by atoms with van der Waals surface area (Å²) in [5.74, 6) is -0.208. The third-order valence-corrected chi connectivity index (χ3v) is 3.09. The first-order chi connectivity index (χ1) is 7.87. The number of aliphatic hydroxyl groups is 1. The Labute approximate surface area is 107 Å². The van der Waals surface area contributed by atoms with Gasteiger partial charge in [0.05, 0.1) is 10.6 Å². The zero-order valence-corrected chi connectivity index (χ0v) is 11.1. The molecule has 3 nitrogen and oxygen atoms in total. The van der Waals surface area contributed by atoms with E-state index in [9.17, 15) is 4.79 Å². The molecule has 17 heavy (non-hydrogen) atoms. The lowest BCUT2D eigenvalue weighted by molar-refractivity contribution is 0.0911. The molecule has 0 atom stereocenters. The molecule has 0 radical (unpaired) electrons. The van der Waals surface area contributed by atoms with Crippen molar-refractivity contribution in [2.24, 2.45) is 5.41 Å². The summed E-state index contributed by atoms with van der Waals surface area (Å²) in [6, 6.07) is 5.35. The van der Waals surface area contributed by atoms with Crippen LogP contribution in [0.5, 0.6) is 0 Å². The average Bonchev–Trinajstić information content (AvgIpc) is 2.30. The number of halogens is 1. The van der Waals surface area contributed by atoms with Crippen LogP contribution in [0.4, 0.5) is 0 Å². The van der Waals surface area contributed by atoms with Gasteiger partial charge in [-0.15, -0.1) is 0 Å². The lowest BCUT2D eigenvalue weighted by atomic mass is 9.95. The van der Waals surface area contributed by atoms with Gasteiger partial charge in [0, 0.05) is 18.6 Å². The molecule has 0 unspecified atom stereocenters. The third kappa shape index (κ3) is 3.72. The molecule has 94 valence electrons. The van der Waals surface area contributed by atoms with E-state index in [2.05, 4.69) is 5.32 Å². The Hall–Kier alpha value is -1.06. The van der Waals surface area contributed by atoms with E-state index in [1.807, 2.05) is 26.8 Å². The second-order valence-corrected chi connectivity index (χ2v) is 5.32. The quantitative estimate of drug-likeness (QED) is 0.868. The molecule has 0 aliphatic carbocycles. The van der Waals surface area contributed by atoms with Crippen molar-refractivity contribution in [3.8, 4) is 0 Å². The molecule has 1 aromatic rings. The van der Waals surface area contributed by atoms with E-state index in [1.165, 1.54) is 0 Å². The van der Waals surface area contributed by atoms with Gasteiger partial charge in [0.25, 0.3) is 5.91 Å². The molecular weight excluding hydrogens is 238 g/mol. The van der Waals surface area contributed by atoms with Crippen LogP contribution in [0.2, 0.25) is 5.02 Å². The van der Waals surface area contributed by atoms with Crippen LogP contribution in [-0.4, -0.2) is 24.2 Å². The van der Waals surface area contributed by atoms with Gasteiger partial charge in [-0.25, -0.2) is 0 Å².